The zero-order valence-corrected chi connectivity index (χ0v) is 15.7. The molecule has 1 fully saturated rings. The van der Waals surface area contributed by atoms with Crippen LogP contribution in [-0.2, 0) is 14.3 Å². The first kappa shape index (κ1) is 19.6. The van der Waals surface area contributed by atoms with Crippen molar-refractivity contribution >= 4 is 46.3 Å². The highest BCUT2D eigenvalue weighted by Crippen LogP contribution is 2.32. The molecule has 0 radical (unpaired) electrons. The summed E-state index contributed by atoms with van der Waals surface area (Å²) in [6, 6.07) is 6.19. The van der Waals surface area contributed by atoms with E-state index in [-0.39, 0.29) is 24.8 Å². The lowest BCUT2D eigenvalue weighted by atomic mass is 10.2. The van der Waals surface area contributed by atoms with Crippen LogP contribution in [-0.4, -0.2) is 59.8 Å². The van der Waals surface area contributed by atoms with Crippen LogP contribution in [0.5, 0.6) is 0 Å². The zero-order chi connectivity index (χ0) is 18.4. The highest BCUT2D eigenvalue weighted by Gasteiger charge is 2.32. The van der Waals surface area contributed by atoms with Crippen molar-refractivity contribution in [3.05, 3.63) is 40.6 Å². The van der Waals surface area contributed by atoms with E-state index in [1.807, 2.05) is 19.0 Å². The Morgan fingerprint density at radius 2 is 2.12 bits per heavy atom. The number of thiocarbonyl (C=S) groups is 1. The fourth-order valence-electron chi connectivity index (χ4n) is 2.04. The van der Waals surface area contributed by atoms with Crippen molar-refractivity contribution in [1.29, 1.82) is 0 Å². The Bertz CT molecular complexity index is 707. The molecule has 1 heterocycles. The minimum Gasteiger partial charge on any atom is -0.464 e. The van der Waals surface area contributed by atoms with Crippen molar-refractivity contribution in [3.8, 4) is 0 Å². The maximum Gasteiger partial charge on any atom is 0.307 e. The molecule has 8 heteroatoms. The van der Waals surface area contributed by atoms with Crippen LogP contribution in [0.3, 0.4) is 0 Å². The van der Waals surface area contributed by atoms with E-state index in [1.54, 1.807) is 18.2 Å². The molecule has 1 aromatic carbocycles. The van der Waals surface area contributed by atoms with Gasteiger partial charge in [-0.1, -0.05) is 42.2 Å². The third-order valence-electron chi connectivity index (χ3n) is 3.41. The second-order valence-electron chi connectivity index (χ2n) is 5.63. The van der Waals surface area contributed by atoms with Gasteiger partial charge in [0.15, 0.2) is 0 Å². The number of rotatable bonds is 7. The lowest BCUT2D eigenvalue weighted by Crippen LogP contribution is -2.31. The predicted octanol–water partition coefficient (Wildman–Crippen LogP) is 2.52. The van der Waals surface area contributed by atoms with Crippen molar-refractivity contribution in [3.63, 3.8) is 0 Å². The Balaban J connectivity index is 1.93. The fourth-order valence-corrected chi connectivity index (χ4v) is 3.34. The van der Waals surface area contributed by atoms with Gasteiger partial charge in [-0.05, 0) is 26.2 Å². The van der Waals surface area contributed by atoms with Gasteiger partial charge in [0, 0.05) is 18.7 Å². The molecule has 1 aromatic rings. The number of thioether (sulfide) groups is 1. The number of hydrogen-bond acceptors (Lipinski definition) is 6. The van der Waals surface area contributed by atoms with Crippen LogP contribution in [0, 0.1) is 5.82 Å². The van der Waals surface area contributed by atoms with Crippen molar-refractivity contribution in [2.24, 2.45) is 0 Å². The normalized spacial score (nSPS) is 16.2. The van der Waals surface area contributed by atoms with E-state index < -0.39 is 5.82 Å². The first-order valence-electron chi connectivity index (χ1n) is 7.68. The highest BCUT2D eigenvalue weighted by molar-refractivity contribution is 8.26. The van der Waals surface area contributed by atoms with E-state index in [2.05, 4.69) is 0 Å². The van der Waals surface area contributed by atoms with E-state index in [0.29, 0.717) is 27.9 Å². The monoisotopic (exact) mass is 382 g/mol. The molecule has 0 saturated carbocycles. The summed E-state index contributed by atoms with van der Waals surface area (Å²) >= 11 is 6.29. The molecule has 0 aromatic heterocycles. The Hall–Kier alpha value is -1.77. The van der Waals surface area contributed by atoms with Gasteiger partial charge in [0.2, 0.25) is 0 Å². The second kappa shape index (κ2) is 9.07. The number of likely N-dealkylation sites (N-methyl/N-ethyl adjacent to an activating group) is 1. The van der Waals surface area contributed by atoms with Crippen LogP contribution in [0.15, 0.2) is 29.2 Å². The highest BCUT2D eigenvalue weighted by atomic mass is 32.2. The Morgan fingerprint density at radius 3 is 2.80 bits per heavy atom. The van der Waals surface area contributed by atoms with E-state index in [1.165, 1.54) is 17.0 Å². The summed E-state index contributed by atoms with van der Waals surface area (Å²) in [5, 5.41) is 0. The van der Waals surface area contributed by atoms with E-state index >= 15 is 0 Å². The van der Waals surface area contributed by atoms with Gasteiger partial charge >= 0.3 is 5.97 Å². The van der Waals surface area contributed by atoms with Gasteiger partial charge < -0.3 is 9.64 Å². The molecule has 1 aliphatic rings. The molecule has 2 rings (SSSR count). The average Bonchev–Trinajstić information content (AvgIpc) is 2.81. The van der Waals surface area contributed by atoms with Crippen LogP contribution < -0.4 is 0 Å². The van der Waals surface area contributed by atoms with Crippen molar-refractivity contribution in [1.82, 2.24) is 9.80 Å². The molecule has 0 bridgehead atoms. The number of halogens is 1. The minimum absolute atomic E-state index is 0.0623. The predicted molar refractivity (Wildman–Crippen MR) is 100 cm³/mol. The van der Waals surface area contributed by atoms with Crippen LogP contribution in [0.1, 0.15) is 12.0 Å². The molecule has 5 nitrogen and oxygen atoms in total. The van der Waals surface area contributed by atoms with Gasteiger partial charge in [-0.2, -0.15) is 0 Å². The number of nitrogens with zero attached hydrogens (tertiary/aromatic N) is 2. The van der Waals surface area contributed by atoms with Gasteiger partial charge in [-0.25, -0.2) is 4.39 Å². The van der Waals surface area contributed by atoms with Crippen molar-refractivity contribution in [2.75, 3.05) is 33.8 Å². The standard InChI is InChI=1S/C17H19FN2O3S2/c1-19(2)9-10-23-15(21)7-8-20-16(22)14(25-17(20)24)11-12-5-3-4-6-13(12)18/h3-6,11H,7-10H2,1-2H3/b14-11-. The maximum absolute atomic E-state index is 13.7. The van der Waals surface area contributed by atoms with E-state index in [0.717, 1.165) is 11.8 Å². The smallest absolute Gasteiger partial charge is 0.307 e. The third-order valence-corrected chi connectivity index (χ3v) is 4.78. The molecular weight excluding hydrogens is 363 g/mol. The number of amides is 1. The largest absolute Gasteiger partial charge is 0.464 e. The lowest BCUT2D eigenvalue weighted by molar-refractivity contribution is -0.144. The summed E-state index contributed by atoms with van der Waals surface area (Å²) < 4.78 is 19.2. The molecular formula is C17H19FN2O3S2. The summed E-state index contributed by atoms with van der Waals surface area (Å²) in [5.74, 6) is -1.11. The quantitative estimate of drug-likeness (QED) is 0.410. The molecule has 1 aliphatic heterocycles. The number of benzene rings is 1. The molecule has 25 heavy (non-hydrogen) atoms. The Morgan fingerprint density at radius 1 is 1.40 bits per heavy atom. The molecule has 0 aliphatic carbocycles. The maximum atomic E-state index is 13.7. The van der Waals surface area contributed by atoms with Gasteiger partial charge in [0.1, 0.15) is 16.7 Å². The van der Waals surface area contributed by atoms with E-state index in [4.69, 9.17) is 17.0 Å². The van der Waals surface area contributed by atoms with Crippen LogP contribution in [0.4, 0.5) is 4.39 Å². The fraction of sp³-hybridized carbons (Fsp3) is 0.353. The summed E-state index contributed by atoms with van der Waals surface area (Å²) in [7, 11) is 3.77. The Labute approximate surface area is 155 Å². The number of carbonyl (C=O) groups is 2. The summed E-state index contributed by atoms with van der Waals surface area (Å²) in [4.78, 5) is 27.7. The minimum atomic E-state index is -0.405. The zero-order valence-electron chi connectivity index (χ0n) is 14.0. The van der Waals surface area contributed by atoms with Gasteiger partial charge in [-0.15, -0.1) is 0 Å². The number of hydrogen-bond donors (Lipinski definition) is 0. The van der Waals surface area contributed by atoms with Gasteiger partial charge in [-0.3, -0.25) is 14.5 Å². The lowest BCUT2D eigenvalue weighted by Gasteiger charge is -2.14. The number of ether oxygens (including phenoxy) is 1. The second-order valence-corrected chi connectivity index (χ2v) is 7.30. The average molecular weight is 382 g/mol. The van der Waals surface area contributed by atoms with E-state index in [9.17, 15) is 14.0 Å². The van der Waals surface area contributed by atoms with Crippen molar-refractivity contribution < 1.29 is 18.7 Å². The Kier molecular flexibility index (Phi) is 7.10. The molecule has 0 spiro atoms. The molecule has 0 N–H and O–H groups in total. The summed E-state index contributed by atoms with van der Waals surface area (Å²) in [6.07, 6.45) is 1.54. The number of carbonyl (C=O) groups excluding carboxylic acids is 2. The number of esters is 1. The molecule has 134 valence electrons. The molecule has 1 saturated heterocycles. The molecule has 0 unspecified atom stereocenters. The molecule has 1 amide bonds. The van der Waals surface area contributed by atoms with Gasteiger partial charge in [0.25, 0.3) is 5.91 Å². The molecule has 0 atom stereocenters. The van der Waals surface area contributed by atoms with Crippen LogP contribution in [0.2, 0.25) is 0 Å². The first-order valence-corrected chi connectivity index (χ1v) is 8.91. The van der Waals surface area contributed by atoms with Crippen LogP contribution >= 0.6 is 24.0 Å². The van der Waals surface area contributed by atoms with Gasteiger partial charge in [0.05, 0.1) is 11.3 Å². The summed E-state index contributed by atoms with van der Waals surface area (Å²) in [5.41, 5.74) is 0.325. The summed E-state index contributed by atoms with van der Waals surface area (Å²) in [6.45, 7) is 1.09. The third kappa shape index (κ3) is 5.62. The SMILES string of the molecule is CN(C)CCOC(=O)CCN1C(=O)/C(=C/c2ccccc2F)SC1=S. The van der Waals surface area contributed by atoms with Crippen molar-refractivity contribution in [2.45, 2.75) is 6.42 Å². The first-order chi connectivity index (χ1) is 11.9. The van der Waals surface area contributed by atoms with Crippen LogP contribution in [0.25, 0.3) is 6.08 Å². The topological polar surface area (TPSA) is 49.9 Å².